The minimum Gasteiger partial charge on any atom is -0.398 e. The van der Waals surface area contributed by atoms with Crippen LogP contribution in [-0.4, -0.2) is 16.1 Å². The molecule has 1 amide bonds. The van der Waals surface area contributed by atoms with Crippen LogP contribution in [0.1, 0.15) is 28.7 Å². The molecule has 0 unspecified atom stereocenters. The van der Waals surface area contributed by atoms with E-state index in [1.807, 2.05) is 6.92 Å². The van der Waals surface area contributed by atoms with Gasteiger partial charge in [0, 0.05) is 12.1 Å². The van der Waals surface area contributed by atoms with Crippen molar-refractivity contribution in [1.29, 1.82) is 0 Å². The molecule has 0 fully saturated rings. The molecule has 0 spiro atoms. The van der Waals surface area contributed by atoms with Gasteiger partial charge in [0.15, 0.2) is 0 Å². The summed E-state index contributed by atoms with van der Waals surface area (Å²) in [5, 5.41) is 11.6. The maximum atomic E-state index is 13.1. The van der Waals surface area contributed by atoms with Gasteiger partial charge in [-0.2, -0.15) is 0 Å². The summed E-state index contributed by atoms with van der Waals surface area (Å²) in [7, 11) is 0. The van der Waals surface area contributed by atoms with E-state index in [9.17, 15) is 9.18 Å². The summed E-state index contributed by atoms with van der Waals surface area (Å²) in [4.78, 5) is 11.9. The largest absolute Gasteiger partial charge is 0.398 e. The molecule has 0 aliphatic heterocycles. The average molecular weight is 280 g/mol. The first-order valence-corrected chi connectivity index (χ1v) is 6.60. The molecular weight excluding hydrogens is 267 g/mol. The van der Waals surface area contributed by atoms with Crippen LogP contribution in [0.15, 0.2) is 18.2 Å². The Morgan fingerprint density at radius 1 is 1.47 bits per heavy atom. The number of nitrogens with two attached hydrogens (primary N) is 1. The van der Waals surface area contributed by atoms with Gasteiger partial charge >= 0.3 is 0 Å². The molecule has 0 radical (unpaired) electrons. The van der Waals surface area contributed by atoms with Crippen molar-refractivity contribution in [3.8, 4) is 0 Å². The summed E-state index contributed by atoms with van der Waals surface area (Å²) in [6, 6.07) is 3.65. The van der Waals surface area contributed by atoms with Gasteiger partial charge < -0.3 is 5.73 Å². The number of carbonyl (C=O) groups excluding carboxylic acids is 1. The molecule has 0 saturated carbocycles. The molecule has 2 rings (SSSR count). The van der Waals surface area contributed by atoms with Crippen molar-refractivity contribution in [3.63, 3.8) is 0 Å². The van der Waals surface area contributed by atoms with Crippen molar-refractivity contribution in [1.82, 2.24) is 10.2 Å². The number of nitrogens with zero attached hydrogens (tertiary/aromatic N) is 2. The van der Waals surface area contributed by atoms with E-state index in [-0.39, 0.29) is 11.3 Å². The van der Waals surface area contributed by atoms with E-state index in [4.69, 9.17) is 5.73 Å². The van der Waals surface area contributed by atoms with Crippen LogP contribution in [0.4, 0.5) is 15.2 Å². The first-order chi connectivity index (χ1) is 9.10. The van der Waals surface area contributed by atoms with Crippen LogP contribution < -0.4 is 11.1 Å². The topological polar surface area (TPSA) is 80.9 Å². The number of hydrogen-bond donors (Lipinski definition) is 2. The molecule has 100 valence electrons. The van der Waals surface area contributed by atoms with Gasteiger partial charge in [-0.1, -0.05) is 18.3 Å². The van der Waals surface area contributed by atoms with Crippen LogP contribution in [0.5, 0.6) is 0 Å². The standard InChI is InChI=1S/C12H13FN4OS/c1-2-3-10-16-17-12(19-10)15-11(18)8-6-7(13)4-5-9(8)14/h4-6H,2-3,14H2,1H3,(H,15,17,18). The second-order valence-corrected chi connectivity index (χ2v) is 5.00. The van der Waals surface area contributed by atoms with E-state index in [1.54, 1.807) is 0 Å². The molecule has 0 bridgehead atoms. The van der Waals surface area contributed by atoms with Gasteiger partial charge in [0.2, 0.25) is 5.13 Å². The van der Waals surface area contributed by atoms with Crippen molar-refractivity contribution >= 4 is 28.1 Å². The predicted molar refractivity (Wildman–Crippen MR) is 72.7 cm³/mol. The Kier molecular flexibility index (Phi) is 4.06. The fourth-order valence-corrected chi connectivity index (χ4v) is 2.35. The zero-order valence-electron chi connectivity index (χ0n) is 10.3. The fourth-order valence-electron chi connectivity index (χ4n) is 1.51. The fraction of sp³-hybridized carbons (Fsp3) is 0.250. The lowest BCUT2D eigenvalue weighted by Gasteiger charge is -2.04. The third-order valence-electron chi connectivity index (χ3n) is 2.41. The van der Waals surface area contributed by atoms with E-state index >= 15 is 0 Å². The van der Waals surface area contributed by atoms with Crippen molar-refractivity contribution in [2.75, 3.05) is 11.1 Å². The summed E-state index contributed by atoms with van der Waals surface area (Å²) >= 11 is 1.30. The lowest BCUT2D eigenvalue weighted by atomic mass is 10.1. The van der Waals surface area contributed by atoms with Crippen LogP contribution >= 0.6 is 11.3 Å². The lowest BCUT2D eigenvalue weighted by molar-refractivity contribution is 0.102. The highest BCUT2D eigenvalue weighted by Crippen LogP contribution is 2.19. The summed E-state index contributed by atoms with van der Waals surface area (Å²) in [5.74, 6) is -1.00. The molecule has 19 heavy (non-hydrogen) atoms. The van der Waals surface area contributed by atoms with Gasteiger partial charge in [0.25, 0.3) is 5.91 Å². The van der Waals surface area contributed by atoms with E-state index < -0.39 is 11.7 Å². The molecule has 3 N–H and O–H groups in total. The Morgan fingerprint density at radius 2 is 2.26 bits per heavy atom. The maximum Gasteiger partial charge on any atom is 0.259 e. The Morgan fingerprint density at radius 3 is 3.00 bits per heavy atom. The third kappa shape index (κ3) is 3.25. The molecule has 1 aromatic heterocycles. The highest BCUT2D eigenvalue weighted by Gasteiger charge is 2.13. The third-order valence-corrected chi connectivity index (χ3v) is 3.31. The van der Waals surface area contributed by atoms with Gasteiger partial charge in [-0.25, -0.2) is 4.39 Å². The minimum atomic E-state index is -0.511. The molecule has 5 nitrogen and oxygen atoms in total. The average Bonchev–Trinajstić information content (AvgIpc) is 2.80. The number of nitrogens with one attached hydrogen (secondary N) is 1. The van der Waals surface area contributed by atoms with Crippen LogP contribution in [0.3, 0.4) is 0 Å². The van der Waals surface area contributed by atoms with Crippen LogP contribution in [0.25, 0.3) is 0 Å². The number of aromatic nitrogens is 2. The smallest absolute Gasteiger partial charge is 0.259 e. The second kappa shape index (κ2) is 5.75. The molecule has 7 heteroatoms. The van der Waals surface area contributed by atoms with Gasteiger partial charge in [0.05, 0.1) is 5.56 Å². The van der Waals surface area contributed by atoms with E-state index in [0.29, 0.717) is 5.13 Å². The van der Waals surface area contributed by atoms with Gasteiger partial charge in [-0.15, -0.1) is 10.2 Å². The maximum absolute atomic E-state index is 13.1. The number of amides is 1. The lowest BCUT2D eigenvalue weighted by Crippen LogP contribution is -2.14. The monoisotopic (exact) mass is 280 g/mol. The van der Waals surface area contributed by atoms with Gasteiger partial charge in [-0.05, 0) is 24.6 Å². The van der Waals surface area contributed by atoms with Gasteiger partial charge in [0.1, 0.15) is 10.8 Å². The van der Waals surface area contributed by atoms with Crippen LogP contribution in [0, 0.1) is 5.82 Å². The van der Waals surface area contributed by atoms with E-state index in [1.165, 1.54) is 23.5 Å². The number of hydrogen-bond acceptors (Lipinski definition) is 5. The SMILES string of the molecule is CCCc1nnc(NC(=O)c2cc(F)ccc2N)s1. The highest BCUT2D eigenvalue weighted by molar-refractivity contribution is 7.15. The first-order valence-electron chi connectivity index (χ1n) is 5.79. The number of anilines is 2. The summed E-state index contributed by atoms with van der Waals surface area (Å²) in [5.41, 5.74) is 5.95. The van der Waals surface area contributed by atoms with Crippen molar-refractivity contribution in [2.24, 2.45) is 0 Å². The number of carbonyl (C=O) groups is 1. The predicted octanol–water partition coefficient (Wildman–Crippen LogP) is 2.46. The molecule has 0 saturated heterocycles. The Bertz CT molecular complexity index is 599. The van der Waals surface area contributed by atoms with Gasteiger partial charge in [-0.3, -0.25) is 10.1 Å². The van der Waals surface area contributed by atoms with Crippen molar-refractivity contribution in [3.05, 3.63) is 34.6 Å². The van der Waals surface area contributed by atoms with Crippen molar-refractivity contribution < 1.29 is 9.18 Å². The number of nitrogen functional groups attached to an aromatic ring is 1. The van der Waals surface area contributed by atoms with E-state index in [2.05, 4.69) is 15.5 Å². The number of aryl methyl sites for hydroxylation is 1. The van der Waals surface area contributed by atoms with Crippen LogP contribution in [-0.2, 0) is 6.42 Å². The second-order valence-electron chi connectivity index (χ2n) is 3.94. The molecule has 0 atom stereocenters. The van der Waals surface area contributed by atoms with Crippen molar-refractivity contribution in [2.45, 2.75) is 19.8 Å². The summed E-state index contributed by atoms with van der Waals surface area (Å²) in [6.07, 6.45) is 1.77. The zero-order valence-corrected chi connectivity index (χ0v) is 11.1. The molecule has 2 aromatic rings. The normalized spacial score (nSPS) is 10.4. The number of halogens is 1. The zero-order chi connectivity index (χ0) is 13.8. The molecular formula is C12H13FN4OS. The summed E-state index contributed by atoms with van der Waals surface area (Å²) in [6.45, 7) is 2.03. The summed E-state index contributed by atoms with van der Waals surface area (Å²) < 4.78 is 13.1. The molecule has 1 heterocycles. The first kappa shape index (κ1) is 13.4. The molecule has 1 aromatic carbocycles. The highest BCUT2D eigenvalue weighted by atomic mass is 32.1. The molecule has 0 aliphatic carbocycles. The quantitative estimate of drug-likeness (QED) is 0.843. The Hall–Kier alpha value is -2.02. The number of benzene rings is 1. The Labute approximate surface area is 113 Å². The number of rotatable bonds is 4. The van der Waals surface area contributed by atoms with E-state index in [0.717, 1.165) is 23.9 Å². The molecule has 0 aliphatic rings. The van der Waals surface area contributed by atoms with Crippen LogP contribution in [0.2, 0.25) is 0 Å². The Balaban J connectivity index is 2.13. The minimum absolute atomic E-state index is 0.0900.